The van der Waals surface area contributed by atoms with Crippen LogP contribution in [0.3, 0.4) is 0 Å². The molecule has 39 heavy (non-hydrogen) atoms. The van der Waals surface area contributed by atoms with Crippen molar-refractivity contribution in [2.75, 3.05) is 6.61 Å². The van der Waals surface area contributed by atoms with Crippen molar-refractivity contribution < 1.29 is 48.6 Å². The third kappa shape index (κ3) is 2.63. The zero-order chi connectivity index (χ0) is 27.9. The smallest absolute Gasteiger partial charge is 0.314 e. The SMILES string of the molecule is C=C(C)[C@@]12OC3(c4ccccc4)O[C@@H]1C1C4O[C@]4(CO)[C@@H](O)[C@]4(O)C(=O)[C@@H](C)CC4[C@@]1(O3)[C@H](C)[C@H]2OC(C)=O. The molecule has 6 aliphatic rings. The zero-order valence-electron chi connectivity index (χ0n) is 22.3. The van der Waals surface area contributed by atoms with Crippen LogP contribution in [0.5, 0.6) is 0 Å². The second kappa shape index (κ2) is 7.55. The van der Waals surface area contributed by atoms with Gasteiger partial charge in [-0.15, -0.1) is 0 Å². The fraction of sp³-hybridized carbons (Fsp3) is 0.655. The van der Waals surface area contributed by atoms with E-state index in [9.17, 15) is 24.9 Å². The van der Waals surface area contributed by atoms with Gasteiger partial charge >= 0.3 is 11.9 Å². The monoisotopic (exact) mass is 542 g/mol. The number of carbonyl (C=O) groups is 2. The first-order valence-corrected chi connectivity index (χ1v) is 13.6. The summed E-state index contributed by atoms with van der Waals surface area (Å²) in [5.74, 6) is -5.81. The average Bonchev–Trinajstić information content (AvgIpc) is 3.53. The van der Waals surface area contributed by atoms with E-state index in [-0.39, 0.29) is 6.42 Å². The summed E-state index contributed by atoms with van der Waals surface area (Å²) in [6.45, 7) is 10.2. The van der Waals surface area contributed by atoms with E-state index in [1.807, 2.05) is 25.1 Å². The molecule has 0 radical (unpaired) electrons. The van der Waals surface area contributed by atoms with Gasteiger partial charge in [0.1, 0.15) is 30.0 Å². The van der Waals surface area contributed by atoms with E-state index in [0.717, 1.165) is 0 Å². The number of aliphatic hydroxyl groups is 3. The summed E-state index contributed by atoms with van der Waals surface area (Å²) in [5.41, 5.74) is -5.63. The highest BCUT2D eigenvalue weighted by Crippen LogP contribution is 2.74. The van der Waals surface area contributed by atoms with Crippen LogP contribution in [0.2, 0.25) is 0 Å². The van der Waals surface area contributed by atoms with Gasteiger partial charge in [0.05, 0.1) is 12.2 Å². The molecule has 7 rings (SSSR count). The van der Waals surface area contributed by atoms with Crippen molar-refractivity contribution in [2.45, 2.75) is 86.9 Å². The number of ketones is 1. The van der Waals surface area contributed by atoms with Crippen molar-refractivity contribution in [3.05, 3.63) is 48.0 Å². The van der Waals surface area contributed by atoms with Gasteiger partial charge in [-0.05, 0) is 18.9 Å². The lowest BCUT2D eigenvalue weighted by atomic mass is 9.52. The Morgan fingerprint density at radius 3 is 2.44 bits per heavy atom. The van der Waals surface area contributed by atoms with Gasteiger partial charge < -0.3 is 39.0 Å². The number of carbonyl (C=O) groups excluding carboxylic acids is 2. The van der Waals surface area contributed by atoms with Crippen molar-refractivity contribution >= 4 is 11.8 Å². The summed E-state index contributed by atoms with van der Waals surface area (Å²) in [5, 5.41) is 34.5. The standard InChI is InChI=1S/C29H34O10/c1-13(2)27-21(35-16(5)31)15(4)28-18-11-14(3)20(32)26(18,34)24(33)25(12-30)22(36-25)19(28)23(27)37-29(38-27,39-28)17-9-7-6-8-10-17/h6-10,14-15,18-19,21-24,30,33-34H,1,11-12H2,2-5H3/t14-,15+,18?,19?,21+,22?,23+,24+,25-,26+,27-,28-,29?/m0/s1. The number of hydrogen-bond donors (Lipinski definition) is 3. The third-order valence-electron chi connectivity index (χ3n) is 10.6. The van der Waals surface area contributed by atoms with E-state index in [0.29, 0.717) is 11.1 Å². The second-order valence-corrected chi connectivity index (χ2v) is 12.4. The number of benzene rings is 1. The average molecular weight is 543 g/mol. The van der Waals surface area contributed by atoms with Crippen LogP contribution in [0, 0.1) is 23.7 Å². The van der Waals surface area contributed by atoms with E-state index in [4.69, 9.17) is 23.7 Å². The van der Waals surface area contributed by atoms with Crippen molar-refractivity contribution in [3.63, 3.8) is 0 Å². The molecular formula is C29H34O10. The van der Waals surface area contributed by atoms with Crippen molar-refractivity contribution in [2.24, 2.45) is 23.7 Å². The van der Waals surface area contributed by atoms with Gasteiger partial charge in [0.15, 0.2) is 17.0 Å². The van der Waals surface area contributed by atoms with Crippen LogP contribution < -0.4 is 0 Å². The molecule has 0 aromatic heterocycles. The molecule has 4 unspecified atom stereocenters. The summed E-state index contributed by atoms with van der Waals surface area (Å²) < 4.78 is 32.7. The van der Waals surface area contributed by atoms with Gasteiger partial charge in [0.25, 0.3) is 0 Å². The lowest BCUT2D eigenvalue weighted by Gasteiger charge is -2.61. The highest BCUT2D eigenvalue weighted by Gasteiger charge is 2.91. The van der Waals surface area contributed by atoms with Crippen LogP contribution in [-0.2, 0) is 39.2 Å². The van der Waals surface area contributed by atoms with Crippen LogP contribution in [0.4, 0.5) is 0 Å². The Labute approximate surface area is 225 Å². The van der Waals surface area contributed by atoms with Crippen molar-refractivity contribution in [3.8, 4) is 0 Å². The maximum atomic E-state index is 13.7. The molecule has 210 valence electrons. The van der Waals surface area contributed by atoms with Gasteiger partial charge in [-0.25, -0.2) is 0 Å². The molecule has 3 saturated carbocycles. The maximum absolute atomic E-state index is 13.7. The highest BCUT2D eigenvalue weighted by atomic mass is 16.9. The molecule has 3 saturated heterocycles. The minimum Gasteiger partial charge on any atom is -0.459 e. The predicted molar refractivity (Wildman–Crippen MR) is 132 cm³/mol. The van der Waals surface area contributed by atoms with E-state index >= 15 is 0 Å². The van der Waals surface area contributed by atoms with E-state index < -0.39 is 94.8 Å². The number of fused-ring (bicyclic) bond motifs is 3. The van der Waals surface area contributed by atoms with Crippen LogP contribution in [0.25, 0.3) is 0 Å². The molecule has 3 aliphatic carbocycles. The Morgan fingerprint density at radius 2 is 1.82 bits per heavy atom. The molecular weight excluding hydrogens is 508 g/mol. The van der Waals surface area contributed by atoms with Gasteiger partial charge in [0, 0.05) is 36.2 Å². The number of epoxide rings is 1. The van der Waals surface area contributed by atoms with Crippen molar-refractivity contribution in [1.82, 2.24) is 0 Å². The van der Waals surface area contributed by atoms with Gasteiger partial charge in [-0.1, -0.05) is 50.8 Å². The quantitative estimate of drug-likeness (QED) is 0.286. The first kappa shape index (κ1) is 25.8. The van der Waals surface area contributed by atoms with Gasteiger partial charge in [-0.2, -0.15) is 0 Å². The van der Waals surface area contributed by atoms with Crippen LogP contribution in [-0.4, -0.2) is 80.5 Å². The highest BCUT2D eigenvalue weighted by molar-refractivity contribution is 5.93. The Balaban J connectivity index is 1.55. The molecule has 10 nitrogen and oxygen atoms in total. The normalized spacial score (nSPS) is 54.4. The predicted octanol–water partition coefficient (Wildman–Crippen LogP) is 0.954. The number of esters is 1. The Kier molecular flexibility index (Phi) is 4.99. The van der Waals surface area contributed by atoms with Crippen LogP contribution in [0.15, 0.2) is 42.5 Å². The zero-order valence-corrected chi connectivity index (χ0v) is 22.3. The van der Waals surface area contributed by atoms with E-state index in [2.05, 4.69) is 6.58 Å². The number of ether oxygens (including phenoxy) is 5. The first-order valence-electron chi connectivity index (χ1n) is 13.6. The van der Waals surface area contributed by atoms with Gasteiger partial charge in [0.2, 0.25) is 0 Å². The van der Waals surface area contributed by atoms with E-state index in [1.165, 1.54) is 6.92 Å². The number of hydrogen-bond acceptors (Lipinski definition) is 10. The molecule has 6 fully saturated rings. The molecule has 3 aliphatic heterocycles. The number of rotatable bonds is 4. The third-order valence-corrected chi connectivity index (χ3v) is 10.6. The molecule has 1 aromatic rings. The number of Topliss-reactive ketones (excluding diaryl/α,β-unsaturated/α-hetero) is 1. The Bertz CT molecular complexity index is 1280. The largest absolute Gasteiger partial charge is 0.459 e. The summed E-state index contributed by atoms with van der Waals surface area (Å²) in [6, 6.07) is 9.06. The molecule has 13 atom stereocenters. The minimum atomic E-state index is -2.29. The van der Waals surface area contributed by atoms with E-state index in [1.54, 1.807) is 26.0 Å². The fourth-order valence-electron chi connectivity index (χ4n) is 8.94. The Morgan fingerprint density at radius 1 is 1.13 bits per heavy atom. The van der Waals surface area contributed by atoms with Gasteiger partial charge in [-0.3, -0.25) is 9.59 Å². The summed E-state index contributed by atoms with van der Waals surface area (Å²) in [4.78, 5) is 26.2. The lowest BCUT2D eigenvalue weighted by molar-refractivity contribution is -0.443. The molecule has 1 aromatic carbocycles. The summed E-state index contributed by atoms with van der Waals surface area (Å²) in [6.07, 6.45) is -4.18. The topological polar surface area (TPSA) is 144 Å². The van der Waals surface area contributed by atoms with Crippen LogP contribution >= 0.6 is 0 Å². The second-order valence-electron chi connectivity index (χ2n) is 12.4. The minimum absolute atomic E-state index is 0.200. The molecule has 3 N–H and O–H groups in total. The first-order chi connectivity index (χ1) is 18.4. The van der Waals surface area contributed by atoms with Crippen molar-refractivity contribution in [1.29, 1.82) is 0 Å². The fourth-order valence-corrected chi connectivity index (χ4v) is 8.94. The lowest BCUT2D eigenvalue weighted by Crippen LogP contribution is -2.76. The number of aliphatic hydroxyl groups excluding tert-OH is 2. The molecule has 3 bridgehead atoms. The molecule has 10 heteroatoms. The summed E-state index contributed by atoms with van der Waals surface area (Å²) >= 11 is 0. The Hall–Kier alpha value is -2.18. The molecule has 0 amide bonds. The van der Waals surface area contributed by atoms with Crippen LogP contribution in [0.1, 0.15) is 39.7 Å². The molecule has 0 spiro atoms. The summed E-state index contributed by atoms with van der Waals surface area (Å²) in [7, 11) is 0. The maximum Gasteiger partial charge on any atom is 0.314 e. The molecule has 3 heterocycles.